The van der Waals surface area contributed by atoms with E-state index in [0.717, 1.165) is 17.0 Å². The molecule has 2 aromatic rings. The Morgan fingerprint density at radius 1 is 1.17 bits per heavy atom. The number of nitrogens with zero attached hydrogens (tertiary/aromatic N) is 3. The fourth-order valence-corrected chi connectivity index (χ4v) is 4.29. The summed E-state index contributed by atoms with van der Waals surface area (Å²) in [6.07, 6.45) is 3.96. The van der Waals surface area contributed by atoms with E-state index in [1.54, 1.807) is 24.4 Å². The number of nitro benzene ring substituents is 1. The second-order valence-electron chi connectivity index (χ2n) is 7.78. The molecule has 2 heterocycles. The third-order valence-corrected chi connectivity index (χ3v) is 5.81. The van der Waals surface area contributed by atoms with Gasteiger partial charge in [-0.3, -0.25) is 24.7 Å². The number of anilines is 2. The Balaban J connectivity index is 1.60. The molecule has 2 aliphatic rings. The summed E-state index contributed by atoms with van der Waals surface area (Å²) in [6, 6.07) is 9.89. The van der Waals surface area contributed by atoms with Crippen LogP contribution in [0.3, 0.4) is 0 Å². The highest BCUT2D eigenvalue weighted by molar-refractivity contribution is 6.22. The van der Waals surface area contributed by atoms with Gasteiger partial charge in [0.2, 0.25) is 11.8 Å². The molecule has 150 valence electrons. The van der Waals surface area contributed by atoms with Crippen molar-refractivity contribution < 1.29 is 14.5 Å². The van der Waals surface area contributed by atoms with Crippen LogP contribution in [-0.2, 0) is 16.1 Å². The van der Waals surface area contributed by atoms with Crippen LogP contribution in [0.1, 0.15) is 31.9 Å². The van der Waals surface area contributed by atoms with Crippen molar-refractivity contribution >= 4 is 28.9 Å². The lowest BCUT2D eigenvalue weighted by Crippen LogP contribution is -2.31. The van der Waals surface area contributed by atoms with Crippen LogP contribution >= 0.6 is 0 Å². The van der Waals surface area contributed by atoms with Crippen molar-refractivity contribution in [3.63, 3.8) is 0 Å². The van der Waals surface area contributed by atoms with Crippen LogP contribution in [0.5, 0.6) is 0 Å². The number of hydrogen-bond acceptors (Lipinski definition) is 6. The number of hydrogen-bond donors (Lipinski definition) is 1. The monoisotopic (exact) mass is 394 g/mol. The van der Waals surface area contributed by atoms with E-state index in [1.165, 1.54) is 6.07 Å². The number of fused-ring (bicyclic) bond motifs is 1. The summed E-state index contributed by atoms with van der Waals surface area (Å²) in [5.41, 5.74) is 1.14. The van der Waals surface area contributed by atoms with Crippen molar-refractivity contribution in [1.29, 1.82) is 0 Å². The van der Waals surface area contributed by atoms with E-state index in [1.807, 2.05) is 12.1 Å². The molecule has 1 aliphatic heterocycles. The Bertz CT molecular complexity index is 962. The van der Waals surface area contributed by atoms with Crippen LogP contribution in [0, 0.1) is 27.9 Å². The zero-order chi connectivity index (χ0) is 20.5. The number of nitro groups is 1. The van der Waals surface area contributed by atoms with E-state index >= 15 is 0 Å². The van der Waals surface area contributed by atoms with Crippen LogP contribution in [0.25, 0.3) is 0 Å². The second kappa shape index (κ2) is 7.62. The summed E-state index contributed by atoms with van der Waals surface area (Å²) in [6.45, 7) is 2.41. The van der Waals surface area contributed by atoms with Crippen LogP contribution in [0.4, 0.5) is 17.1 Å². The van der Waals surface area contributed by atoms with E-state index in [9.17, 15) is 19.7 Å². The van der Waals surface area contributed by atoms with Gasteiger partial charge in [0.25, 0.3) is 5.69 Å². The van der Waals surface area contributed by atoms with E-state index < -0.39 is 4.92 Å². The molecule has 1 N–H and O–H groups in total. The Labute approximate surface area is 168 Å². The van der Waals surface area contributed by atoms with Gasteiger partial charge in [0.15, 0.2) is 0 Å². The van der Waals surface area contributed by atoms with Gasteiger partial charge in [-0.2, -0.15) is 0 Å². The minimum Gasteiger partial charge on any atom is -0.374 e. The number of pyridine rings is 1. The first-order chi connectivity index (χ1) is 14.0. The number of nitrogens with one attached hydrogen (secondary N) is 1. The van der Waals surface area contributed by atoms with E-state index in [4.69, 9.17) is 0 Å². The smallest absolute Gasteiger partial charge is 0.294 e. The van der Waals surface area contributed by atoms with Crippen molar-refractivity contribution in [1.82, 2.24) is 4.98 Å². The zero-order valence-corrected chi connectivity index (χ0v) is 16.1. The molecule has 2 amide bonds. The predicted molar refractivity (Wildman–Crippen MR) is 107 cm³/mol. The molecule has 0 unspecified atom stereocenters. The fourth-order valence-electron chi connectivity index (χ4n) is 4.29. The summed E-state index contributed by atoms with van der Waals surface area (Å²) in [5.74, 6) is -0.696. The first kappa shape index (κ1) is 19.0. The van der Waals surface area contributed by atoms with E-state index in [0.29, 0.717) is 31.0 Å². The molecule has 0 radical (unpaired) electrons. The Morgan fingerprint density at radius 2 is 1.97 bits per heavy atom. The van der Waals surface area contributed by atoms with Gasteiger partial charge in [0.1, 0.15) is 5.69 Å². The standard InChI is InChI=1S/C21H22N4O4/c1-13-5-7-16-17(10-13)21(27)24(20(16)26)15-6-8-18(19(11-15)25(28)29)23-12-14-4-2-3-9-22-14/h2-4,6,8-9,11,13,16-17,23H,5,7,10,12H2,1H3/t13-,16-,17-/m1/s1. The molecule has 1 saturated carbocycles. The number of benzene rings is 1. The van der Waals surface area contributed by atoms with Gasteiger partial charge in [0.05, 0.1) is 34.7 Å². The van der Waals surface area contributed by atoms with Gasteiger partial charge >= 0.3 is 0 Å². The normalized spacial score (nSPS) is 23.8. The highest BCUT2D eigenvalue weighted by Gasteiger charge is 2.50. The maximum absolute atomic E-state index is 12.9. The first-order valence-electron chi connectivity index (χ1n) is 9.75. The van der Waals surface area contributed by atoms with Gasteiger partial charge in [-0.25, -0.2) is 4.90 Å². The summed E-state index contributed by atoms with van der Waals surface area (Å²) >= 11 is 0. The molecule has 0 spiro atoms. The van der Waals surface area contributed by atoms with Gasteiger partial charge < -0.3 is 5.32 Å². The Hall–Kier alpha value is -3.29. The molecule has 29 heavy (non-hydrogen) atoms. The minimum absolute atomic E-state index is 0.178. The molecular weight excluding hydrogens is 372 g/mol. The topological polar surface area (TPSA) is 105 Å². The molecule has 1 aromatic carbocycles. The molecular formula is C21H22N4O4. The van der Waals surface area contributed by atoms with E-state index in [2.05, 4.69) is 17.2 Å². The first-order valence-corrected chi connectivity index (χ1v) is 9.75. The third kappa shape index (κ3) is 3.57. The van der Waals surface area contributed by atoms with Gasteiger partial charge in [-0.15, -0.1) is 0 Å². The van der Waals surface area contributed by atoms with Crippen molar-refractivity contribution in [3.8, 4) is 0 Å². The molecule has 1 aliphatic carbocycles. The lowest BCUT2D eigenvalue weighted by atomic mass is 9.76. The third-order valence-electron chi connectivity index (χ3n) is 5.81. The number of carbonyl (C=O) groups is 2. The van der Waals surface area contributed by atoms with Crippen LogP contribution in [0.2, 0.25) is 0 Å². The average Bonchev–Trinajstić information content (AvgIpc) is 2.97. The van der Waals surface area contributed by atoms with Crippen molar-refractivity contribution in [3.05, 3.63) is 58.4 Å². The maximum atomic E-state index is 12.9. The molecule has 3 atom stereocenters. The largest absolute Gasteiger partial charge is 0.374 e. The predicted octanol–water partition coefficient (Wildman–Crippen LogP) is 3.53. The van der Waals surface area contributed by atoms with Gasteiger partial charge in [-0.05, 0) is 49.4 Å². The lowest BCUT2D eigenvalue weighted by Gasteiger charge is -2.25. The van der Waals surface area contributed by atoms with Crippen LogP contribution in [0.15, 0.2) is 42.6 Å². The van der Waals surface area contributed by atoms with Crippen LogP contribution < -0.4 is 10.2 Å². The summed E-state index contributed by atoms with van der Waals surface area (Å²) in [4.78, 5) is 42.2. The number of carbonyl (C=O) groups excluding carboxylic acids is 2. The quantitative estimate of drug-likeness (QED) is 0.472. The van der Waals surface area contributed by atoms with Crippen molar-refractivity contribution in [2.24, 2.45) is 17.8 Å². The number of amides is 2. The molecule has 1 saturated heterocycles. The number of imide groups is 1. The maximum Gasteiger partial charge on any atom is 0.294 e. The SMILES string of the molecule is C[C@@H]1CC[C@H]2C(=O)N(c3ccc(NCc4ccccn4)c([N+](=O)[O-])c3)C(=O)[C@@H]2C1. The number of rotatable bonds is 5. The Morgan fingerprint density at radius 3 is 2.69 bits per heavy atom. The highest BCUT2D eigenvalue weighted by atomic mass is 16.6. The zero-order valence-electron chi connectivity index (χ0n) is 16.1. The fraction of sp³-hybridized carbons (Fsp3) is 0.381. The van der Waals surface area contributed by atoms with Crippen molar-refractivity contribution in [2.75, 3.05) is 10.2 Å². The second-order valence-corrected chi connectivity index (χ2v) is 7.78. The number of aromatic nitrogens is 1. The minimum atomic E-state index is -0.510. The highest BCUT2D eigenvalue weighted by Crippen LogP contribution is 2.43. The summed E-state index contributed by atoms with van der Waals surface area (Å²) in [7, 11) is 0. The van der Waals surface area contributed by atoms with Gasteiger partial charge in [0, 0.05) is 12.3 Å². The Kier molecular flexibility index (Phi) is 5.00. The molecule has 1 aromatic heterocycles. The molecule has 4 rings (SSSR count). The summed E-state index contributed by atoms with van der Waals surface area (Å²) < 4.78 is 0. The van der Waals surface area contributed by atoms with Gasteiger partial charge in [-0.1, -0.05) is 13.0 Å². The summed E-state index contributed by atoms with van der Waals surface area (Å²) in [5, 5.41) is 14.6. The molecule has 8 heteroatoms. The molecule has 8 nitrogen and oxygen atoms in total. The van der Waals surface area contributed by atoms with Crippen LogP contribution in [-0.4, -0.2) is 21.7 Å². The average molecular weight is 394 g/mol. The molecule has 0 bridgehead atoms. The lowest BCUT2D eigenvalue weighted by molar-refractivity contribution is -0.383. The van der Waals surface area contributed by atoms with Crippen molar-refractivity contribution in [2.45, 2.75) is 32.7 Å². The molecule has 2 fully saturated rings. The van der Waals surface area contributed by atoms with E-state index in [-0.39, 0.29) is 35.0 Å².